The second kappa shape index (κ2) is 9.76. The van der Waals surface area contributed by atoms with E-state index in [-0.39, 0.29) is 11.9 Å². The van der Waals surface area contributed by atoms with Crippen molar-refractivity contribution < 1.29 is 13.9 Å². The van der Waals surface area contributed by atoms with Crippen molar-refractivity contribution in [3.05, 3.63) is 108 Å². The van der Waals surface area contributed by atoms with Crippen molar-refractivity contribution in [3.63, 3.8) is 0 Å². The van der Waals surface area contributed by atoms with E-state index in [2.05, 4.69) is 10.3 Å². The predicted molar refractivity (Wildman–Crippen MR) is 120 cm³/mol. The zero-order valence-corrected chi connectivity index (χ0v) is 17.3. The number of ether oxygens (including phenoxy) is 1. The molecule has 4 rings (SSSR count). The normalized spacial score (nSPS) is 10.8. The van der Waals surface area contributed by atoms with Gasteiger partial charge in [-0.05, 0) is 35.4 Å². The van der Waals surface area contributed by atoms with Gasteiger partial charge in [-0.25, -0.2) is 4.98 Å². The summed E-state index contributed by atoms with van der Waals surface area (Å²) in [5.74, 6) is 1.94. The van der Waals surface area contributed by atoms with Crippen molar-refractivity contribution in [1.29, 1.82) is 0 Å². The maximum Gasteiger partial charge on any atom is 0.221 e. The molecule has 0 aliphatic rings. The maximum atomic E-state index is 12.7. The predicted octanol–water partition coefficient (Wildman–Crippen LogP) is 5.19. The Hall–Kier alpha value is -3.86. The van der Waals surface area contributed by atoms with Crippen molar-refractivity contribution in [2.24, 2.45) is 0 Å². The lowest BCUT2D eigenvalue weighted by atomic mass is 9.98. The third-order valence-electron chi connectivity index (χ3n) is 5.07. The van der Waals surface area contributed by atoms with Gasteiger partial charge in [-0.1, -0.05) is 60.7 Å². The molecule has 0 aliphatic carbocycles. The van der Waals surface area contributed by atoms with Gasteiger partial charge >= 0.3 is 0 Å². The molecule has 1 heterocycles. The first-order valence-electron chi connectivity index (χ1n) is 10.2. The van der Waals surface area contributed by atoms with E-state index in [1.54, 1.807) is 13.3 Å². The summed E-state index contributed by atoms with van der Waals surface area (Å²) in [6.45, 7) is 0. The van der Waals surface area contributed by atoms with Gasteiger partial charge in [0.25, 0.3) is 0 Å². The molecule has 0 radical (unpaired) electrons. The van der Waals surface area contributed by atoms with Crippen molar-refractivity contribution in [3.8, 4) is 17.1 Å². The number of nitrogens with zero attached hydrogens (tertiary/aromatic N) is 1. The van der Waals surface area contributed by atoms with Crippen molar-refractivity contribution in [2.75, 3.05) is 7.11 Å². The fraction of sp³-hybridized carbons (Fsp3) is 0.154. The van der Waals surface area contributed by atoms with Crippen LogP contribution < -0.4 is 10.1 Å². The van der Waals surface area contributed by atoms with Crippen LogP contribution in [0.15, 0.2) is 95.5 Å². The van der Waals surface area contributed by atoms with Gasteiger partial charge < -0.3 is 14.5 Å². The first-order valence-corrected chi connectivity index (χ1v) is 10.2. The molecule has 1 aromatic heterocycles. The summed E-state index contributed by atoms with van der Waals surface area (Å²) in [6, 6.07) is 27.3. The molecule has 156 valence electrons. The third kappa shape index (κ3) is 5.20. The molecule has 0 spiro atoms. The highest BCUT2D eigenvalue weighted by atomic mass is 16.5. The first kappa shape index (κ1) is 20.4. The standard InChI is InChI=1S/C26H24N2O3/c1-30-22-14-12-19(13-15-22)23-18-27-25(31-23)17-16-24(29)28-26(20-8-4-2-5-9-20)21-10-6-3-7-11-21/h2-15,18,26H,16-17H2,1H3,(H,28,29). The summed E-state index contributed by atoms with van der Waals surface area (Å²) in [6.07, 6.45) is 2.41. The number of aromatic nitrogens is 1. The average molecular weight is 412 g/mol. The van der Waals surface area contributed by atoms with Gasteiger partial charge in [0.05, 0.1) is 19.3 Å². The molecule has 0 saturated heterocycles. The zero-order valence-electron chi connectivity index (χ0n) is 17.3. The highest BCUT2D eigenvalue weighted by Gasteiger charge is 2.17. The molecule has 1 amide bonds. The Labute approximate surface area is 181 Å². The quantitative estimate of drug-likeness (QED) is 0.433. The number of carbonyl (C=O) groups excluding carboxylic acids is 1. The highest BCUT2D eigenvalue weighted by molar-refractivity contribution is 5.77. The number of nitrogens with one attached hydrogen (secondary N) is 1. The Balaban J connectivity index is 1.40. The topological polar surface area (TPSA) is 64.4 Å². The third-order valence-corrected chi connectivity index (χ3v) is 5.07. The second-order valence-corrected chi connectivity index (χ2v) is 7.17. The van der Waals surface area contributed by atoms with Gasteiger partial charge in [-0.15, -0.1) is 0 Å². The molecule has 5 nitrogen and oxygen atoms in total. The Morgan fingerprint density at radius 3 is 2.13 bits per heavy atom. The number of methoxy groups -OCH3 is 1. The molecule has 31 heavy (non-hydrogen) atoms. The molecule has 1 N–H and O–H groups in total. The maximum absolute atomic E-state index is 12.7. The fourth-order valence-electron chi connectivity index (χ4n) is 3.42. The number of hydrogen-bond acceptors (Lipinski definition) is 4. The largest absolute Gasteiger partial charge is 0.497 e. The Bertz CT molecular complexity index is 1070. The van der Waals surface area contributed by atoms with E-state index in [4.69, 9.17) is 9.15 Å². The Morgan fingerprint density at radius 2 is 1.55 bits per heavy atom. The Kier molecular flexibility index (Phi) is 6.43. The summed E-state index contributed by atoms with van der Waals surface area (Å²) < 4.78 is 11.0. The van der Waals surface area contributed by atoms with Gasteiger partial charge in [0.1, 0.15) is 5.75 Å². The fourth-order valence-corrected chi connectivity index (χ4v) is 3.42. The van der Waals surface area contributed by atoms with Crippen molar-refractivity contribution in [2.45, 2.75) is 18.9 Å². The molecule has 3 aromatic carbocycles. The number of aryl methyl sites for hydroxylation is 1. The molecule has 0 saturated carbocycles. The summed E-state index contributed by atoms with van der Waals surface area (Å²) >= 11 is 0. The van der Waals surface area contributed by atoms with Crippen molar-refractivity contribution >= 4 is 5.91 Å². The molecular weight excluding hydrogens is 388 g/mol. The summed E-state index contributed by atoms with van der Waals surface area (Å²) in [7, 11) is 1.63. The lowest BCUT2D eigenvalue weighted by Gasteiger charge is -2.19. The molecule has 0 fully saturated rings. The van der Waals surface area contributed by atoms with Crippen LogP contribution >= 0.6 is 0 Å². The molecule has 0 bridgehead atoms. The zero-order chi connectivity index (χ0) is 21.5. The van der Waals surface area contributed by atoms with Gasteiger partial charge in [-0.3, -0.25) is 4.79 Å². The van der Waals surface area contributed by atoms with Crippen LogP contribution in [-0.2, 0) is 11.2 Å². The molecule has 0 atom stereocenters. The van der Waals surface area contributed by atoms with Crippen LogP contribution in [0.25, 0.3) is 11.3 Å². The summed E-state index contributed by atoms with van der Waals surface area (Å²) in [5, 5.41) is 3.15. The number of oxazole rings is 1. The lowest BCUT2D eigenvalue weighted by molar-refractivity contribution is -0.121. The van der Waals surface area contributed by atoms with Crippen LogP contribution in [0, 0.1) is 0 Å². The number of amides is 1. The number of hydrogen-bond donors (Lipinski definition) is 1. The number of rotatable bonds is 8. The van der Waals surface area contributed by atoms with E-state index < -0.39 is 0 Å². The number of carbonyl (C=O) groups is 1. The summed E-state index contributed by atoms with van der Waals surface area (Å²) in [4.78, 5) is 17.1. The van der Waals surface area contributed by atoms with Crippen LogP contribution in [0.4, 0.5) is 0 Å². The SMILES string of the molecule is COc1ccc(-c2cnc(CCC(=O)NC(c3ccccc3)c3ccccc3)o2)cc1. The van der Waals surface area contributed by atoms with Gasteiger partial charge in [0, 0.05) is 18.4 Å². The van der Waals surface area contributed by atoms with Crippen LogP contribution in [0.2, 0.25) is 0 Å². The highest BCUT2D eigenvalue weighted by Crippen LogP contribution is 2.24. The van der Waals surface area contributed by atoms with E-state index in [0.717, 1.165) is 22.4 Å². The van der Waals surface area contributed by atoms with E-state index in [1.807, 2.05) is 84.9 Å². The van der Waals surface area contributed by atoms with Gasteiger partial charge in [-0.2, -0.15) is 0 Å². The Morgan fingerprint density at radius 1 is 0.935 bits per heavy atom. The van der Waals surface area contributed by atoms with E-state index in [9.17, 15) is 4.79 Å². The lowest BCUT2D eigenvalue weighted by Crippen LogP contribution is -2.29. The molecule has 0 aliphatic heterocycles. The monoisotopic (exact) mass is 412 g/mol. The van der Waals surface area contributed by atoms with Crippen LogP contribution in [0.5, 0.6) is 5.75 Å². The first-order chi connectivity index (χ1) is 15.2. The van der Waals surface area contributed by atoms with Crippen LogP contribution in [0.1, 0.15) is 29.5 Å². The molecule has 5 heteroatoms. The number of benzene rings is 3. The minimum absolute atomic E-state index is 0.0538. The van der Waals surface area contributed by atoms with Crippen molar-refractivity contribution in [1.82, 2.24) is 10.3 Å². The molecule has 4 aromatic rings. The molecule has 0 unspecified atom stereocenters. The van der Waals surface area contributed by atoms with Gasteiger partial charge in [0.15, 0.2) is 11.7 Å². The van der Waals surface area contributed by atoms with E-state index in [0.29, 0.717) is 24.5 Å². The van der Waals surface area contributed by atoms with E-state index >= 15 is 0 Å². The van der Waals surface area contributed by atoms with E-state index in [1.165, 1.54) is 0 Å². The summed E-state index contributed by atoms with van der Waals surface area (Å²) in [5.41, 5.74) is 3.00. The minimum atomic E-state index is -0.200. The van der Waals surface area contributed by atoms with Crippen LogP contribution in [-0.4, -0.2) is 18.0 Å². The average Bonchev–Trinajstić information content (AvgIpc) is 3.31. The van der Waals surface area contributed by atoms with Gasteiger partial charge in [0.2, 0.25) is 5.91 Å². The minimum Gasteiger partial charge on any atom is -0.497 e. The molecular formula is C26H24N2O3. The van der Waals surface area contributed by atoms with Crippen LogP contribution in [0.3, 0.4) is 0 Å². The smallest absolute Gasteiger partial charge is 0.221 e. The second-order valence-electron chi connectivity index (χ2n) is 7.17.